The summed E-state index contributed by atoms with van der Waals surface area (Å²) in [5.41, 5.74) is 6.17. The molecule has 1 fully saturated rings. The van der Waals surface area contributed by atoms with Crippen molar-refractivity contribution in [3.63, 3.8) is 0 Å². The molecule has 1 unspecified atom stereocenters. The molecule has 1 heterocycles. The Labute approximate surface area is 151 Å². The largest absolute Gasteiger partial charge is 0.352 e. The van der Waals surface area contributed by atoms with Crippen LogP contribution in [0, 0.1) is 11.3 Å². The maximum atomic E-state index is 13.0. The number of nitrogens with zero attached hydrogens (tertiary/aromatic N) is 1. The van der Waals surface area contributed by atoms with Crippen molar-refractivity contribution in [2.75, 3.05) is 26.2 Å². The third-order valence-corrected chi connectivity index (χ3v) is 5.59. The van der Waals surface area contributed by atoms with E-state index in [2.05, 4.69) is 5.32 Å². The number of likely N-dealkylation sites (tertiary alicyclic amines) is 1. The maximum Gasteiger partial charge on any atom is 0.251 e. The van der Waals surface area contributed by atoms with Crippen molar-refractivity contribution in [1.82, 2.24) is 10.2 Å². The van der Waals surface area contributed by atoms with E-state index in [9.17, 15) is 9.59 Å². The molecular weight excluding hydrogens is 314 g/mol. The Bertz CT molecular complexity index is 561. The second-order valence-corrected chi connectivity index (χ2v) is 7.03. The minimum atomic E-state index is -0.435. The lowest BCUT2D eigenvalue weighted by Gasteiger charge is -2.39. The number of benzene rings is 1. The van der Waals surface area contributed by atoms with Gasteiger partial charge < -0.3 is 16.0 Å². The number of carbonyl (C=O) groups is 2. The standard InChI is InChI=1S/C20H31N3O2/c1-3-20(4-2,15-21)19(25)23-12-8-9-16(14-23)13-22-18(24)17-10-6-5-7-11-17/h5-7,10-11,16H,3-4,8-9,12-15,21H2,1-2H3,(H,22,24). The molecule has 0 saturated carbocycles. The third-order valence-electron chi connectivity index (χ3n) is 5.59. The highest BCUT2D eigenvalue weighted by Gasteiger charge is 2.38. The average molecular weight is 345 g/mol. The summed E-state index contributed by atoms with van der Waals surface area (Å²) >= 11 is 0. The highest BCUT2D eigenvalue weighted by molar-refractivity contribution is 5.94. The first-order valence-corrected chi connectivity index (χ1v) is 9.39. The van der Waals surface area contributed by atoms with Crippen molar-refractivity contribution in [3.8, 4) is 0 Å². The molecule has 2 rings (SSSR count). The van der Waals surface area contributed by atoms with Crippen LogP contribution in [0.2, 0.25) is 0 Å². The molecule has 25 heavy (non-hydrogen) atoms. The fourth-order valence-electron chi connectivity index (χ4n) is 3.61. The quantitative estimate of drug-likeness (QED) is 0.797. The van der Waals surface area contributed by atoms with Crippen LogP contribution in [0.3, 0.4) is 0 Å². The van der Waals surface area contributed by atoms with Crippen LogP contribution in [0.1, 0.15) is 49.9 Å². The van der Waals surface area contributed by atoms with E-state index >= 15 is 0 Å². The molecule has 1 atom stereocenters. The second kappa shape index (κ2) is 8.99. The van der Waals surface area contributed by atoms with Crippen LogP contribution in [-0.4, -0.2) is 42.9 Å². The summed E-state index contributed by atoms with van der Waals surface area (Å²) in [5.74, 6) is 0.427. The summed E-state index contributed by atoms with van der Waals surface area (Å²) in [6.07, 6.45) is 3.55. The summed E-state index contributed by atoms with van der Waals surface area (Å²) in [7, 11) is 0. The normalized spacial score (nSPS) is 18.0. The van der Waals surface area contributed by atoms with Gasteiger partial charge in [-0.2, -0.15) is 0 Å². The predicted octanol–water partition coefficient (Wildman–Crippen LogP) is 2.42. The van der Waals surface area contributed by atoms with Crippen LogP contribution in [-0.2, 0) is 4.79 Å². The zero-order valence-electron chi connectivity index (χ0n) is 15.5. The van der Waals surface area contributed by atoms with E-state index in [4.69, 9.17) is 5.73 Å². The van der Waals surface area contributed by atoms with Gasteiger partial charge in [-0.25, -0.2) is 0 Å². The molecule has 0 aromatic heterocycles. The molecule has 0 aliphatic carbocycles. The van der Waals surface area contributed by atoms with Gasteiger partial charge in [0.15, 0.2) is 0 Å². The molecule has 1 aliphatic heterocycles. The number of carbonyl (C=O) groups excluding carboxylic acids is 2. The van der Waals surface area contributed by atoms with Crippen LogP contribution in [0.25, 0.3) is 0 Å². The second-order valence-electron chi connectivity index (χ2n) is 7.03. The molecule has 138 valence electrons. The molecule has 1 aliphatic rings. The average Bonchev–Trinajstić information content (AvgIpc) is 2.68. The predicted molar refractivity (Wildman–Crippen MR) is 100 cm³/mol. The number of nitrogens with one attached hydrogen (secondary N) is 1. The van der Waals surface area contributed by atoms with E-state index in [-0.39, 0.29) is 11.8 Å². The van der Waals surface area contributed by atoms with Crippen LogP contribution >= 0.6 is 0 Å². The van der Waals surface area contributed by atoms with Gasteiger partial charge in [-0.3, -0.25) is 9.59 Å². The van der Waals surface area contributed by atoms with Crippen LogP contribution in [0.15, 0.2) is 30.3 Å². The van der Waals surface area contributed by atoms with Crippen LogP contribution in [0.5, 0.6) is 0 Å². The van der Waals surface area contributed by atoms with Gasteiger partial charge >= 0.3 is 0 Å². The summed E-state index contributed by atoms with van der Waals surface area (Å²) in [6, 6.07) is 9.23. The molecule has 1 aromatic carbocycles. The first-order valence-electron chi connectivity index (χ1n) is 9.39. The lowest BCUT2D eigenvalue weighted by atomic mass is 9.80. The van der Waals surface area contributed by atoms with Gasteiger partial charge in [0.2, 0.25) is 5.91 Å². The highest BCUT2D eigenvalue weighted by atomic mass is 16.2. The molecule has 3 N–H and O–H groups in total. The Morgan fingerprint density at radius 2 is 1.92 bits per heavy atom. The highest BCUT2D eigenvalue weighted by Crippen LogP contribution is 2.30. The van der Waals surface area contributed by atoms with E-state index in [1.165, 1.54) is 0 Å². The number of hydrogen-bond donors (Lipinski definition) is 2. The van der Waals surface area contributed by atoms with E-state index in [0.29, 0.717) is 31.1 Å². The van der Waals surface area contributed by atoms with Crippen molar-refractivity contribution in [2.24, 2.45) is 17.1 Å². The van der Waals surface area contributed by atoms with Gasteiger partial charge in [-0.15, -0.1) is 0 Å². The van der Waals surface area contributed by atoms with Crippen LogP contribution in [0.4, 0.5) is 0 Å². The van der Waals surface area contributed by atoms with Crippen molar-refractivity contribution >= 4 is 11.8 Å². The van der Waals surface area contributed by atoms with Gasteiger partial charge in [0.1, 0.15) is 0 Å². The first kappa shape index (κ1) is 19.4. The van der Waals surface area contributed by atoms with E-state index in [1.807, 2.05) is 49.1 Å². The minimum absolute atomic E-state index is 0.0533. The zero-order valence-corrected chi connectivity index (χ0v) is 15.5. The molecule has 0 bridgehead atoms. The molecule has 1 saturated heterocycles. The summed E-state index contributed by atoms with van der Waals surface area (Å²) in [6.45, 7) is 6.57. The molecule has 0 spiro atoms. The van der Waals surface area contributed by atoms with Gasteiger partial charge in [0.25, 0.3) is 5.91 Å². The third kappa shape index (κ3) is 4.60. The van der Waals surface area contributed by atoms with E-state index < -0.39 is 5.41 Å². The number of rotatable bonds is 7. The zero-order chi connectivity index (χ0) is 18.3. The Morgan fingerprint density at radius 3 is 2.52 bits per heavy atom. The lowest BCUT2D eigenvalue weighted by Crippen LogP contribution is -2.51. The summed E-state index contributed by atoms with van der Waals surface area (Å²) in [4.78, 5) is 27.1. The molecule has 2 amide bonds. The fourth-order valence-corrected chi connectivity index (χ4v) is 3.61. The van der Waals surface area contributed by atoms with Gasteiger partial charge in [0.05, 0.1) is 5.41 Å². The van der Waals surface area contributed by atoms with Crippen molar-refractivity contribution in [2.45, 2.75) is 39.5 Å². The van der Waals surface area contributed by atoms with Crippen LogP contribution < -0.4 is 11.1 Å². The fraction of sp³-hybridized carbons (Fsp3) is 0.600. The smallest absolute Gasteiger partial charge is 0.251 e. The topological polar surface area (TPSA) is 75.4 Å². The Balaban J connectivity index is 1.92. The lowest BCUT2D eigenvalue weighted by molar-refractivity contribution is -0.144. The van der Waals surface area contributed by atoms with Gasteiger partial charge in [0, 0.05) is 31.7 Å². The Morgan fingerprint density at radius 1 is 1.24 bits per heavy atom. The first-order chi connectivity index (χ1) is 12.1. The molecule has 5 heteroatoms. The molecule has 1 aromatic rings. The van der Waals surface area contributed by atoms with Crippen molar-refractivity contribution < 1.29 is 9.59 Å². The monoisotopic (exact) mass is 345 g/mol. The number of amides is 2. The summed E-state index contributed by atoms with van der Waals surface area (Å²) < 4.78 is 0. The number of piperidine rings is 1. The molecule has 0 radical (unpaired) electrons. The van der Waals surface area contributed by atoms with E-state index in [0.717, 1.165) is 32.2 Å². The number of hydrogen-bond acceptors (Lipinski definition) is 3. The maximum absolute atomic E-state index is 13.0. The van der Waals surface area contributed by atoms with Crippen molar-refractivity contribution in [3.05, 3.63) is 35.9 Å². The Hall–Kier alpha value is -1.88. The molecule has 5 nitrogen and oxygen atoms in total. The Kier molecular flexibility index (Phi) is 7.00. The van der Waals surface area contributed by atoms with Crippen molar-refractivity contribution in [1.29, 1.82) is 0 Å². The van der Waals surface area contributed by atoms with E-state index in [1.54, 1.807) is 0 Å². The minimum Gasteiger partial charge on any atom is -0.352 e. The van der Waals surface area contributed by atoms with Gasteiger partial charge in [-0.1, -0.05) is 32.0 Å². The molecular formula is C20H31N3O2. The SMILES string of the molecule is CCC(CC)(CN)C(=O)N1CCCC(CNC(=O)c2ccccc2)C1. The number of nitrogens with two attached hydrogens (primary N) is 1. The van der Waals surface area contributed by atoms with Gasteiger partial charge in [-0.05, 0) is 43.7 Å². The summed E-state index contributed by atoms with van der Waals surface area (Å²) in [5, 5.41) is 3.01.